The van der Waals surface area contributed by atoms with Crippen molar-refractivity contribution in [1.82, 2.24) is 4.90 Å². The maximum atomic E-state index is 11.5. The molecule has 0 aromatic heterocycles. The third kappa shape index (κ3) is 4.95. The highest BCUT2D eigenvalue weighted by Gasteiger charge is 2.41. The summed E-state index contributed by atoms with van der Waals surface area (Å²) in [5.41, 5.74) is 0.423. The third-order valence-electron chi connectivity index (χ3n) is 4.49. The van der Waals surface area contributed by atoms with Gasteiger partial charge in [-0.25, -0.2) is 4.79 Å². The average molecular weight is 355 g/mol. The van der Waals surface area contributed by atoms with E-state index in [0.29, 0.717) is 19.4 Å². The first-order valence-electron chi connectivity index (χ1n) is 8.02. The molecule has 6 nitrogen and oxygen atoms in total. The summed E-state index contributed by atoms with van der Waals surface area (Å²) in [6.45, 7) is 4.31. The predicted octanol–water partition coefficient (Wildman–Crippen LogP) is 3.26. The van der Waals surface area contributed by atoms with Crippen LogP contribution in [0.25, 0.3) is 0 Å². The largest absolute Gasteiger partial charge is 0.465 e. The maximum absolute atomic E-state index is 11.5. The molecule has 1 unspecified atom stereocenters. The molecule has 0 radical (unpaired) electrons. The summed E-state index contributed by atoms with van der Waals surface area (Å²) >= 11 is 0. The van der Waals surface area contributed by atoms with Crippen molar-refractivity contribution in [3.05, 3.63) is 35.9 Å². The van der Waals surface area contributed by atoms with E-state index in [-0.39, 0.29) is 5.92 Å². The van der Waals surface area contributed by atoms with Crippen molar-refractivity contribution < 1.29 is 22.5 Å². The minimum Gasteiger partial charge on any atom is -0.465 e. The van der Waals surface area contributed by atoms with Crippen molar-refractivity contribution in [2.24, 2.45) is 5.92 Å². The van der Waals surface area contributed by atoms with E-state index in [9.17, 15) is 18.3 Å². The Kier molecular flexibility index (Phi) is 5.55. The summed E-state index contributed by atoms with van der Waals surface area (Å²) in [6, 6.07) is 9.25. The number of hydrogen-bond donors (Lipinski definition) is 1. The molecule has 1 aliphatic rings. The van der Waals surface area contributed by atoms with Crippen molar-refractivity contribution in [3.8, 4) is 0 Å². The van der Waals surface area contributed by atoms with Crippen LogP contribution in [0.3, 0.4) is 0 Å². The second-order valence-electron chi connectivity index (χ2n) is 7.05. The van der Waals surface area contributed by atoms with Crippen LogP contribution < -0.4 is 0 Å². The van der Waals surface area contributed by atoms with E-state index in [1.54, 1.807) is 0 Å². The van der Waals surface area contributed by atoms with Gasteiger partial charge in [-0.3, -0.25) is 4.18 Å². The van der Waals surface area contributed by atoms with E-state index in [1.165, 1.54) is 4.90 Å². The molecule has 1 heterocycles. The summed E-state index contributed by atoms with van der Waals surface area (Å²) in [5, 5.41) is 9.30. The molecule has 24 heavy (non-hydrogen) atoms. The highest BCUT2D eigenvalue weighted by molar-refractivity contribution is 7.86. The van der Waals surface area contributed by atoms with Gasteiger partial charge in [0.05, 0.1) is 6.26 Å². The number of amides is 1. The SMILES string of the molecule is CC1(C)C[C@H](CCC(OS(C)(=O)=O)c2ccccc2)CN1C(=O)O. The summed E-state index contributed by atoms with van der Waals surface area (Å²) in [4.78, 5) is 12.8. The molecule has 0 saturated carbocycles. The molecule has 0 aliphatic carbocycles. The number of nitrogens with zero attached hydrogens (tertiary/aromatic N) is 1. The minimum absolute atomic E-state index is 0.200. The lowest BCUT2D eigenvalue weighted by Crippen LogP contribution is -2.41. The average Bonchev–Trinajstić information content (AvgIpc) is 2.78. The fourth-order valence-corrected chi connectivity index (χ4v) is 4.08. The van der Waals surface area contributed by atoms with Crippen molar-refractivity contribution in [2.75, 3.05) is 12.8 Å². The van der Waals surface area contributed by atoms with E-state index in [2.05, 4.69) is 0 Å². The Hall–Kier alpha value is -1.60. The summed E-state index contributed by atoms with van der Waals surface area (Å²) in [6.07, 6.45) is 1.61. The fraction of sp³-hybridized carbons (Fsp3) is 0.588. The van der Waals surface area contributed by atoms with Crippen LogP contribution in [0.1, 0.15) is 44.8 Å². The highest BCUT2D eigenvalue weighted by Crippen LogP contribution is 2.37. The van der Waals surface area contributed by atoms with Crippen molar-refractivity contribution >= 4 is 16.2 Å². The van der Waals surface area contributed by atoms with Crippen LogP contribution in [-0.4, -0.2) is 42.9 Å². The zero-order valence-corrected chi connectivity index (χ0v) is 15.1. The molecule has 1 aromatic carbocycles. The van der Waals surface area contributed by atoms with Gasteiger partial charge >= 0.3 is 6.09 Å². The van der Waals surface area contributed by atoms with Gasteiger partial charge in [0.25, 0.3) is 10.1 Å². The molecule has 2 rings (SSSR count). The van der Waals surface area contributed by atoms with Gasteiger partial charge in [0.15, 0.2) is 0 Å². The van der Waals surface area contributed by atoms with Gasteiger partial charge in [0.1, 0.15) is 6.10 Å². The van der Waals surface area contributed by atoms with E-state index < -0.39 is 27.9 Å². The number of benzene rings is 1. The maximum Gasteiger partial charge on any atom is 0.407 e. The predicted molar refractivity (Wildman–Crippen MR) is 91.3 cm³/mol. The lowest BCUT2D eigenvalue weighted by Gasteiger charge is -2.28. The highest BCUT2D eigenvalue weighted by atomic mass is 32.2. The molecule has 0 bridgehead atoms. The van der Waals surface area contributed by atoms with Crippen LogP contribution >= 0.6 is 0 Å². The van der Waals surface area contributed by atoms with E-state index in [1.807, 2.05) is 44.2 Å². The molecule has 1 aromatic rings. The number of hydrogen-bond acceptors (Lipinski definition) is 4. The second kappa shape index (κ2) is 7.11. The summed E-state index contributed by atoms with van der Waals surface area (Å²) in [7, 11) is -3.57. The van der Waals surface area contributed by atoms with Gasteiger partial charge in [-0.1, -0.05) is 30.3 Å². The van der Waals surface area contributed by atoms with Crippen LogP contribution in [-0.2, 0) is 14.3 Å². The second-order valence-corrected chi connectivity index (χ2v) is 8.65. The molecular weight excluding hydrogens is 330 g/mol. The Morgan fingerprint density at radius 2 is 2.00 bits per heavy atom. The minimum atomic E-state index is -3.57. The Labute approximate surface area is 143 Å². The van der Waals surface area contributed by atoms with Crippen LogP contribution in [0.5, 0.6) is 0 Å². The lowest BCUT2D eigenvalue weighted by molar-refractivity contribution is 0.117. The molecule has 7 heteroatoms. The number of likely N-dealkylation sites (tertiary alicyclic amines) is 1. The van der Waals surface area contributed by atoms with E-state index in [4.69, 9.17) is 4.18 Å². The van der Waals surface area contributed by atoms with E-state index >= 15 is 0 Å². The monoisotopic (exact) mass is 355 g/mol. The number of rotatable bonds is 6. The van der Waals surface area contributed by atoms with Crippen molar-refractivity contribution in [3.63, 3.8) is 0 Å². The van der Waals surface area contributed by atoms with Gasteiger partial charge in [0.2, 0.25) is 0 Å². The topological polar surface area (TPSA) is 83.9 Å². The van der Waals surface area contributed by atoms with Crippen LogP contribution in [0.2, 0.25) is 0 Å². The molecule has 1 saturated heterocycles. The van der Waals surface area contributed by atoms with Gasteiger partial charge in [-0.05, 0) is 44.6 Å². The Balaban J connectivity index is 2.05. The smallest absolute Gasteiger partial charge is 0.407 e. The quantitative estimate of drug-likeness (QED) is 0.792. The zero-order chi connectivity index (χ0) is 18.0. The first kappa shape index (κ1) is 18.7. The van der Waals surface area contributed by atoms with Crippen LogP contribution in [0.4, 0.5) is 4.79 Å². The van der Waals surface area contributed by atoms with E-state index in [0.717, 1.165) is 18.2 Å². The molecule has 1 fully saturated rings. The first-order valence-corrected chi connectivity index (χ1v) is 9.84. The van der Waals surface area contributed by atoms with Crippen molar-refractivity contribution in [2.45, 2.75) is 44.8 Å². The summed E-state index contributed by atoms with van der Waals surface area (Å²) < 4.78 is 28.3. The lowest BCUT2D eigenvalue weighted by atomic mass is 9.91. The number of carbonyl (C=O) groups is 1. The molecule has 1 amide bonds. The summed E-state index contributed by atoms with van der Waals surface area (Å²) in [5.74, 6) is 0.200. The Bertz CT molecular complexity index is 671. The molecule has 2 atom stereocenters. The fourth-order valence-electron chi connectivity index (χ4n) is 3.45. The molecule has 1 aliphatic heterocycles. The van der Waals surface area contributed by atoms with Gasteiger partial charge in [0, 0.05) is 12.1 Å². The van der Waals surface area contributed by atoms with Gasteiger partial charge in [-0.2, -0.15) is 8.42 Å². The number of carboxylic acid groups (broad SMARTS) is 1. The van der Waals surface area contributed by atoms with Crippen LogP contribution in [0, 0.1) is 5.92 Å². The molecular formula is C17H25NO5S. The zero-order valence-electron chi connectivity index (χ0n) is 14.3. The van der Waals surface area contributed by atoms with Crippen molar-refractivity contribution in [1.29, 1.82) is 0 Å². The van der Waals surface area contributed by atoms with Gasteiger partial charge in [-0.15, -0.1) is 0 Å². The van der Waals surface area contributed by atoms with Gasteiger partial charge < -0.3 is 10.0 Å². The Morgan fingerprint density at radius 1 is 1.38 bits per heavy atom. The standard InChI is InChI=1S/C17H25NO5S/c1-17(2)11-13(12-18(17)16(19)20)9-10-15(23-24(3,21)22)14-7-5-4-6-8-14/h4-8,13,15H,9-12H2,1-3H3,(H,19,20)/t13-,15?/m0/s1. The Morgan fingerprint density at radius 3 is 2.50 bits per heavy atom. The molecule has 1 N–H and O–H groups in total. The first-order chi connectivity index (χ1) is 11.1. The molecule has 134 valence electrons. The molecule has 0 spiro atoms. The van der Waals surface area contributed by atoms with Crippen LogP contribution in [0.15, 0.2) is 30.3 Å². The normalized spacial score (nSPS) is 21.6. The third-order valence-corrected chi connectivity index (χ3v) is 5.07.